The number of amides is 1. The third kappa shape index (κ3) is 2.60. The van der Waals surface area contributed by atoms with Gasteiger partial charge < -0.3 is 10.6 Å². The van der Waals surface area contributed by atoms with Crippen LogP contribution >= 0.6 is 11.6 Å². The number of hydrogen-bond acceptors (Lipinski definition) is 3. The van der Waals surface area contributed by atoms with E-state index in [0.29, 0.717) is 17.1 Å². The summed E-state index contributed by atoms with van der Waals surface area (Å²) in [6.07, 6.45) is 3.57. The molecule has 20 heavy (non-hydrogen) atoms. The molecule has 5 heteroatoms. The lowest BCUT2D eigenvalue weighted by atomic mass is 9.97. The minimum absolute atomic E-state index is 0.0524. The first-order chi connectivity index (χ1) is 9.74. The van der Waals surface area contributed by atoms with Crippen molar-refractivity contribution < 1.29 is 4.79 Å². The predicted molar refractivity (Wildman–Crippen MR) is 80.2 cm³/mol. The van der Waals surface area contributed by atoms with Crippen LogP contribution in [0.5, 0.6) is 0 Å². The van der Waals surface area contributed by atoms with E-state index in [1.54, 1.807) is 18.5 Å². The highest BCUT2D eigenvalue weighted by atomic mass is 35.5. The highest BCUT2D eigenvalue weighted by Crippen LogP contribution is 2.33. The van der Waals surface area contributed by atoms with E-state index < -0.39 is 0 Å². The Morgan fingerprint density at radius 3 is 3.10 bits per heavy atom. The van der Waals surface area contributed by atoms with Crippen molar-refractivity contribution in [3.8, 4) is 0 Å². The maximum atomic E-state index is 12.1. The van der Waals surface area contributed by atoms with Crippen LogP contribution in [0.3, 0.4) is 0 Å². The maximum Gasteiger partial charge on any atom is 0.225 e. The summed E-state index contributed by atoms with van der Waals surface area (Å²) in [4.78, 5) is 16.1. The monoisotopic (exact) mass is 287 g/mol. The van der Waals surface area contributed by atoms with Gasteiger partial charge in [0.15, 0.2) is 0 Å². The van der Waals surface area contributed by atoms with Crippen molar-refractivity contribution in [3.63, 3.8) is 0 Å². The molecule has 1 aliphatic heterocycles. The number of carbonyl (C=O) groups excluding carboxylic acids is 1. The Hall–Kier alpha value is -2.07. The molecule has 0 bridgehead atoms. The largest absolute Gasteiger partial charge is 0.384 e. The van der Waals surface area contributed by atoms with Crippen molar-refractivity contribution in [2.75, 3.05) is 17.2 Å². The number of rotatable bonds is 3. The summed E-state index contributed by atoms with van der Waals surface area (Å²) in [5.41, 5.74) is 2.86. The fraction of sp³-hybridized carbons (Fsp3) is 0.200. The Bertz CT molecular complexity index is 645. The van der Waals surface area contributed by atoms with Gasteiger partial charge in [-0.05, 0) is 17.7 Å². The molecule has 1 aliphatic rings. The second-order valence-electron chi connectivity index (χ2n) is 4.77. The fourth-order valence-electron chi connectivity index (χ4n) is 2.43. The van der Waals surface area contributed by atoms with Crippen LogP contribution in [0.4, 0.5) is 11.4 Å². The Kier molecular flexibility index (Phi) is 3.56. The molecule has 0 saturated heterocycles. The minimum atomic E-state index is -0.0524. The molecule has 1 amide bonds. The van der Waals surface area contributed by atoms with Crippen molar-refractivity contribution in [3.05, 3.63) is 53.3 Å². The highest BCUT2D eigenvalue weighted by Gasteiger charge is 2.24. The fourth-order valence-corrected chi connectivity index (χ4v) is 2.59. The van der Waals surface area contributed by atoms with Crippen LogP contribution in [0.25, 0.3) is 0 Å². The molecule has 2 aromatic rings. The number of fused-ring (bicyclic) bond motifs is 1. The second kappa shape index (κ2) is 5.51. The molecule has 0 fully saturated rings. The number of pyridine rings is 1. The van der Waals surface area contributed by atoms with Crippen LogP contribution in [0.15, 0.2) is 42.7 Å². The van der Waals surface area contributed by atoms with Gasteiger partial charge in [0, 0.05) is 30.8 Å². The molecular weight excluding hydrogens is 274 g/mol. The smallest absolute Gasteiger partial charge is 0.225 e. The quantitative estimate of drug-likeness (QED) is 0.911. The maximum absolute atomic E-state index is 12.1. The molecule has 2 N–H and O–H groups in total. The predicted octanol–water partition coefficient (Wildman–Crippen LogP) is 3.27. The average molecular weight is 288 g/mol. The number of para-hydroxylation sites is 1. The van der Waals surface area contributed by atoms with E-state index in [9.17, 15) is 4.79 Å². The van der Waals surface area contributed by atoms with Gasteiger partial charge in [-0.3, -0.25) is 9.78 Å². The zero-order chi connectivity index (χ0) is 13.9. The number of halogens is 1. The van der Waals surface area contributed by atoms with Crippen LogP contribution in [0.1, 0.15) is 17.9 Å². The van der Waals surface area contributed by atoms with Gasteiger partial charge in [0.05, 0.1) is 16.9 Å². The third-order valence-electron chi connectivity index (χ3n) is 3.41. The summed E-state index contributed by atoms with van der Waals surface area (Å²) in [6, 6.07) is 9.73. The van der Waals surface area contributed by atoms with Gasteiger partial charge in [-0.1, -0.05) is 29.8 Å². The lowest BCUT2D eigenvalue weighted by molar-refractivity contribution is -0.116. The SMILES string of the molecule is O=C(CC1CNc2ccccc21)Nc1cnccc1Cl. The van der Waals surface area contributed by atoms with E-state index in [2.05, 4.69) is 21.7 Å². The molecule has 102 valence electrons. The summed E-state index contributed by atoms with van der Waals surface area (Å²) >= 11 is 6.00. The normalized spacial score (nSPS) is 16.4. The summed E-state index contributed by atoms with van der Waals surface area (Å²) in [6.45, 7) is 0.785. The van der Waals surface area contributed by atoms with E-state index in [1.165, 1.54) is 5.56 Å². The van der Waals surface area contributed by atoms with Crippen molar-refractivity contribution in [1.29, 1.82) is 0 Å². The minimum Gasteiger partial charge on any atom is -0.384 e. The first kappa shape index (κ1) is 12.9. The summed E-state index contributed by atoms with van der Waals surface area (Å²) in [5, 5.41) is 6.62. The molecule has 2 heterocycles. The molecule has 0 radical (unpaired) electrons. The first-order valence-corrected chi connectivity index (χ1v) is 6.84. The highest BCUT2D eigenvalue weighted by molar-refractivity contribution is 6.33. The summed E-state index contributed by atoms with van der Waals surface area (Å²) in [5.74, 6) is 0.144. The first-order valence-electron chi connectivity index (χ1n) is 6.46. The zero-order valence-corrected chi connectivity index (χ0v) is 11.5. The Labute approximate surface area is 122 Å². The van der Waals surface area contributed by atoms with Crippen LogP contribution in [-0.4, -0.2) is 17.4 Å². The lowest BCUT2D eigenvalue weighted by Gasteiger charge is -2.11. The van der Waals surface area contributed by atoms with Gasteiger partial charge in [-0.2, -0.15) is 0 Å². The van der Waals surface area contributed by atoms with E-state index >= 15 is 0 Å². The van der Waals surface area contributed by atoms with Crippen LogP contribution in [-0.2, 0) is 4.79 Å². The molecule has 1 aromatic carbocycles. The van der Waals surface area contributed by atoms with Gasteiger partial charge in [0.2, 0.25) is 5.91 Å². The number of hydrogen-bond donors (Lipinski definition) is 2. The molecule has 1 aromatic heterocycles. The van der Waals surface area contributed by atoms with Crippen molar-refractivity contribution >= 4 is 28.9 Å². The van der Waals surface area contributed by atoms with Crippen LogP contribution in [0.2, 0.25) is 5.02 Å². The number of benzene rings is 1. The molecular formula is C15H14ClN3O. The van der Waals surface area contributed by atoms with E-state index in [-0.39, 0.29) is 11.8 Å². The topological polar surface area (TPSA) is 54.0 Å². The van der Waals surface area contributed by atoms with Gasteiger partial charge >= 0.3 is 0 Å². The number of carbonyl (C=O) groups is 1. The molecule has 0 saturated carbocycles. The lowest BCUT2D eigenvalue weighted by Crippen LogP contribution is -2.17. The standard InChI is InChI=1S/C15H14ClN3O/c16-12-5-6-17-9-14(12)19-15(20)7-10-8-18-13-4-2-1-3-11(10)13/h1-6,9-10,18H,7-8H2,(H,19,20). The summed E-state index contributed by atoms with van der Waals surface area (Å²) in [7, 11) is 0. The Balaban J connectivity index is 1.68. The van der Waals surface area contributed by atoms with Crippen LogP contribution in [0, 0.1) is 0 Å². The van der Waals surface area contributed by atoms with Gasteiger partial charge in [0.1, 0.15) is 0 Å². The zero-order valence-electron chi connectivity index (χ0n) is 10.8. The number of nitrogens with one attached hydrogen (secondary N) is 2. The van der Waals surface area contributed by atoms with Gasteiger partial charge in [-0.25, -0.2) is 0 Å². The second-order valence-corrected chi connectivity index (χ2v) is 5.18. The molecule has 0 spiro atoms. The third-order valence-corrected chi connectivity index (χ3v) is 3.74. The molecule has 1 unspecified atom stereocenters. The van der Waals surface area contributed by atoms with E-state index in [1.807, 2.05) is 18.2 Å². The van der Waals surface area contributed by atoms with Crippen molar-refractivity contribution in [1.82, 2.24) is 4.98 Å². The van der Waals surface area contributed by atoms with Crippen molar-refractivity contribution in [2.45, 2.75) is 12.3 Å². The summed E-state index contributed by atoms with van der Waals surface area (Å²) < 4.78 is 0. The number of nitrogens with zero attached hydrogens (tertiary/aromatic N) is 1. The van der Waals surface area contributed by atoms with E-state index in [4.69, 9.17) is 11.6 Å². The number of aromatic nitrogens is 1. The van der Waals surface area contributed by atoms with E-state index in [0.717, 1.165) is 12.2 Å². The van der Waals surface area contributed by atoms with Crippen LogP contribution < -0.4 is 10.6 Å². The number of anilines is 2. The average Bonchev–Trinajstić information content (AvgIpc) is 2.85. The molecule has 0 aliphatic carbocycles. The molecule has 1 atom stereocenters. The Morgan fingerprint density at radius 1 is 1.40 bits per heavy atom. The molecule has 4 nitrogen and oxygen atoms in total. The molecule has 3 rings (SSSR count). The Morgan fingerprint density at radius 2 is 2.25 bits per heavy atom. The van der Waals surface area contributed by atoms with Gasteiger partial charge in [-0.15, -0.1) is 0 Å². The van der Waals surface area contributed by atoms with Gasteiger partial charge in [0.25, 0.3) is 0 Å². The van der Waals surface area contributed by atoms with Crippen molar-refractivity contribution in [2.24, 2.45) is 0 Å².